The Morgan fingerprint density at radius 3 is 0.961 bits per heavy atom. The molecular formula is C72H100Cl2Zr2-2. The fourth-order valence-electron chi connectivity index (χ4n) is 9.98. The molecule has 76 heavy (non-hydrogen) atoms. The second-order valence-electron chi connectivity index (χ2n) is 28.0. The van der Waals surface area contributed by atoms with E-state index in [1.165, 1.54) is 97.2 Å². The molecule has 0 aromatic heterocycles. The van der Waals surface area contributed by atoms with Crippen LogP contribution in [0.25, 0.3) is 22.3 Å². The minimum atomic E-state index is 0. The van der Waals surface area contributed by atoms with Crippen LogP contribution in [0.1, 0.15) is 236 Å². The standard InChI is InChI=1S/2C21H25.2C12H19.2C3H6.2ClH.2Zr/c2*1-20(2,3)16-9-7-14-11-15-8-10-17(21(4,5)6)13-19(15)18(14)12-16;2*1-10(2)9-12(3,4)11-7-5-6-8-11;2*1-3-2;;;;/h2*7,9-10,12-13H,11H2,1-6H3;2*7-8,10H,5,9H2,1-4H3;2*1-2H3;2*1H;;/q4*-1;;;;;2*+2/p-2. The molecular weight excluding hydrogens is 1120 g/mol. The third-order valence-electron chi connectivity index (χ3n) is 13.8. The summed E-state index contributed by atoms with van der Waals surface area (Å²) >= 11 is 3.11. The Balaban J connectivity index is 0.000000492. The second kappa shape index (κ2) is 30.1. The summed E-state index contributed by atoms with van der Waals surface area (Å²) in [5.41, 5.74) is 21.1. The van der Waals surface area contributed by atoms with Crippen LogP contribution in [0.15, 0.2) is 96.1 Å². The van der Waals surface area contributed by atoms with Gasteiger partial charge in [-0.3, -0.25) is 12.2 Å². The molecule has 4 heteroatoms. The summed E-state index contributed by atoms with van der Waals surface area (Å²) in [7, 11) is 0. The van der Waals surface area contributed by atoms with Gasteiger partial charge in [-0.05, 0) is 46.6 Å². The van der Waals surface area contributed by atoms with E-state index < -0.39 is 0 Å². The van der Waals surface area contributed by atoms with Crippen molar-refractivity contribution in [1.29, 1.82) is 0 Å². The van der Waals surface area contributed by atoms with Crippen molar-refractivity contribution in [2.45, 2.75) is 226 Å². The SMILES string of the molecule is CC(C)(C)c1c[c-]c2c(c1)-c1cc(C(C)(C)C)ccc1C2.CC(C)(C)c1c[c-]c2c(c1)-c1cc(C(C)(C)C)ccc1C2.CC(C)CC(C)(C)C1=CC[C-]=C1.CC(C)CC(C)(C)C1=CC[C-]=C1.C[C](C)=[Zr+2].C[C](C)=[Zr+2].[Cl-].[Cl-]. The Bertz CT molecular complexity index is 2350. The minimum Gasteiger partial charge on any atom is -1.00 e. The van der Waals surface area contributed by atoms with Crippen molar-refractivity contribution >= 4 is 6.41 Å². The minimum absolute atomic E-state index is 0. The zero-order chi connectivity index (χ0) is 56.4. The molecule has 0 atom stereocenters. The molecule has 0 aliphatic heterocycles. The topological polar surface area (TPSA) is 0 Å². The quantitative estimate of drug-likeness (QED) is 0.146. The normalized spacial score (nSPS) is 13.9. The van der Waals surface area contributed by atoms with Gasteiger partial charge in [-0.15, -0.1) is 24.0 Å². The zero-order valence-electron chi connectivity index (χ0n) is 52.2. The fraction of sp³-hybridized carbons (Fsp3) is 0.528. The predicted molar refractivity (Wildman–Crippen MR) is 322 cm³/mol. The van der Waals surface area contributed by atoms with E-state index in [9.17, 15) is 0 Å². The van der Waals surface area contributed by atoms with Crippen LogP contribution in [0.2, 0.25) is 0 Å². The molecule has 0 saturated carbocycles. The number of hydrogen-bond donors (Lipinski definition) is 0. The van der Waals surface area contributed by atoms with Gasteiger partial charge in [-0.1, -0.05) is 232 Å². The molecule has 412 valence electrons. The average Bonchev–Trinajstić information content (AvgIpc) is 4.08. The zero-order valence-corrected chi connectivity index (χ0v) is 58.7. The van der Waals surface area contributed by atoms with Gasteiger partial charge in [0, 0.05) is 0 Å². The van der Waals surface area contributed by atoms with Crippen molar-refractivity contribution < 1.29 is 73.3 Å². The van der Waals surface area contributed by atoms with Crippen LogP contribution in [-0.2, 0) is 83.0 Å². The number of allylic oxidation sites excluding steroid dienone is 8. The van der Waals surface area contributed by atoms with Crippen LogP contribution in [0.5, 0.6) is 0 Å². The third kappa shape index (κ3) is 22.8. The Morgan fingerprint density at radius 1 is 0.447 bits per heavy atom. The van der Waals surface area contributed by atoms with Gasteiger partial charge in [-0.25, -0.2) is 12.2 Å². The van der Waals surface area contributed by atoms with Crippen molar-refractivity contribution in [1.82, 2.24) is 0 Å². The van der Waals surface area contributed by atoms with Crippen molar-refractivity contribution in [3.05, 3.63) is 165 Å². The third-order valence-corrected chi connectivity index (χ3v) is 13.8. The molecule has 4 aliphatic rings. The summed E-state index contributed by atoms with van der Waals surface area (Å²) in [6.07, 6.45) is 22.0. The fourth-order valence-corrected chi connectivity index (χ4v) is 9.98. The van der Waals surface area contributed by atoms with Gasteiger partial charge in [-0.2, -0.15) is 82.0 Å². The van der Waals surface area contributed by atoms with Crippen molar-refractivity contribution in [2.24, 2.45) is 22.7 Å². The van der Waals surface area contributed by atoms with Crippen LogP contribution in [0.4, 0.5) is 0 Å². The predicted octanol–water partition coefficient (Wildman–Crippen LogP) is 14.3. The van der Waals surface area contributed by atoms with E-state index in [1.807, 2.05) is 0 Å². The van der Waals surface area contributed by atoms with Crippen molar-refractivity contribution in [2.75, 3.05) is 0 Å². The first-order chi connectivity index (χ1) is 33.8. The molecule has 0 heterocycles. The maximum Gasteiger partial charge on any atom is -1.00 e. The van der Waals surface area contributed by atoms with Crippen LogP contribution in [-0.4, -0.2) is 6.41 Å². The molecule has 0 saturated heterocycles. The molecule has 0 radical (unpaired) electrons. The molecule has 0 N–H and O–H groups in total. The Labute approximate surface area is 511 Å². The molecule has 0 spiro atoms. The first-order valence-electron chi connectivity index (χ1n) is 27.8. The number of rotatable bonds is 6. The molecule has 8 rings (SSSR count). The van der Waals surface area contributed by atoms with Crippen LogP contribution < -0.4 is 24.8 Å². The van der Waals surface area contributed by atoms with E-state index in [0.717, 1.165) is 37.5 Å². The van der Waals surface area contributed by atoms with E-state index in [1.54, 1.807) is 48.5 Å². The van der Waals surface area contributed by atoms with E-state index in [0.29, 0.717) is 10.8 Å². The molecule has 0 amide bonds. The molecule has 0 fully saturated rings. The van der Waals surface area contributed by atoms with Crippen molar-refractivity contribution in [3.8, 4) is 22.3 Å². The first-order valence-corrected chi connectivity index (χ1v) is 30.2. The van der Waals surface area contributed by atoms with Crippen LogP contribution >= 0.6 is 0 Å². The van der Waals surface area contributed by atoms with Gasteiger partial charge in [0.25, 0.3) is 0 Å². The Hall–Kier alpha value is -2.07. The molecule has 0 nitrogen and oxygen atoms in total. The van der Waals surface area contributed by atoms with Crippen molar-refractivity contribution in [3.63, 3.8) is 0 Å². The van der Waals surface area contributed by atoms with Gasteiger partial charge in [0.1, 0.15) is 0 Å². The van der Waals surface area contributed by atoms with E-state index in [4.69, 9.17) is 0 Å². The summed E-state index contributed by atoms with van der Waals surface area (Å²) in [5, 5.41) is 0. The van der Waals surface area contributed by atoms with Gasteiger partial charge in [0.15, 0.2) is 0 Å². The Morgan fingerprint density at radius 2 is 0.724 bits per heavy atom. The van der Waals surface area contributed by atoms with Gasteiger partial charge in [0.2, 0.25) is 0 Å². The molecule has 4 aromatic rings. The van der Waals surface area contributed by atoms with Gasteiger partial charge in [0.05, 0.1) is 0 Å². The smallest absolute Gasteiger partial charge is 1.00 e. The summed E-state index contributed by atoms with van der Waals surface area (Å²) in [4.78, 5) is 0. The second-order valence-corrected chi connectivity index (χ2v) is 33.0. The molecule has 0 bridgehead atoms. The van der Waals surface area contributed by atoms with E-state index in [-0.39, 0.29) is 46.5 Å². The summed E-state index contributed by atoms with van der Waals surface area (Å²) in [6, 6.07) is 30.1. The summed E-state index contributed by atoms with van der Waals surface area (Å²) < 4.78 is 3.01. The number of halogens is 2. The number of hydrogen-bond acceptors (Lipinski definition) is 0. The molecule has 4 aromatic carbocycles. The molecule has 4 aliphatic carbocycles. The van der Waals surface area contributed by atoms with Gasteiger partial charge < -0.3 is 24.8 Å². The maximum absolute atomic E-state index is 3.53. The van der Waals surface area contributed by atoms with Crippen LogP contribution in [0, 0.1) is 47.0 Å². The van der Waals surface area contributed by atoms with Crippen LogP contribution in [0.3, 0.4) is 0 Å². The summed E-state index contributed by atoms with van der Waals surface area (Å²) in [5.74, 6) is 1.55. The monoisotopic (exact) mass is 1210 g/mol. The number of fused-ring (bicyclic) bond motifs is 6. The summed E-state index contributed by atoms with van der Waals surface area (Å²) in [6.45, 7) is 54.2. The van der Waals surface area contributed by atoms with Gasteiger partial charge >= 0.3 is 82.6 Å². The van der Waals surface area contributed by atoms with E-state index in [2.05, 4.69) is 275 Å². The van der Waals surface area contributed by atoms with E-state index >= 15 is 0 Å². The maximum atomic E-state index is 3.53. The number of benzene rings is 4. The largest absolute Gasteiger partial charge is 1.00 e. The molecule has 0 unspecified atom stereocenters. The Kier molecular flexibility index (Phi) is 28.5. The average molecular weight is 1220 g/mol. The first kappa shape index (κ1) is 71.9.